The highest BCUT2D eigenvalue weighted by Crippen LogP contribution is 2.17. The zero-order chi connectivity index (χ0) is 13.4. The van der Waals surface area contributed by atoms with Crippen LogP contribution in [0.5, 0.6) is 0 Å². The standard InChI is InChI=1S/C13H14N4O2/c1-2-16-7-9(6-15-16)8-17-11-5-10(14)3-4-12(11)19-13(17)18/h3-7H,2,8,14H2,1H3. The van der Waals surface area contributed by atoms with Gasteiger partial charge in [-0.2, -0.15) is 5.10 Å². The average molecular weight is 258 g/mol. The van der Waals surface area contributed by atoms with Gasteiger partial charge in [0.25, 0.3) is 0 Å². The Morgan fingerprint density at radius 2 is 2.26 bits per heavy atom. The second kappa shape index (κ2) is 4.31. The Morgan fingerprint density at radius 1 is 1.42 bits per heavy atom. The van der Waals surface area contributed by atoms with E-state index in [0.29, 0.717) is 23.3 Å². The monoisotopic (exact) mass is 258 g/mol. The van der Waals surface area contributed by atoms with Gasteiger partial charge in [-0.1, -0.05) is 0 Å². The number of anilines is 1. The zero-order valence-electron chi connectivity index (χ0n) is 10.5. The number of aryl methyl sites for hydroxylation is 1. The number of hydrogen-bond donors (Lipinski definition) is 1. The van der Waals surface area contributed by atoms with Crippen molar-refractivity contribution in [1.29, 1.82) is 0 Å². The second-order valence-electron chi connectivity index (χ2n) is 4.39. The smallest absolute Gasteiger partial charge is 0.408 e. The summed E-state index contributed by atoms with van der Waals surface area (Å²) in [5.74, 6) is -0.384. The lowest BCUT2D eigenvalue weighted by Crippen LogP contribution is -2.14. The fraction of sp³-hybridized carbons (Fsp3) is 0.231. The van der Waals surface area contributed by atoms with Crippen LogP contribution in [0.25, 0.3) is 11.1 Å². The molecule has 6 heteroatoms. The summed E-state index contributed by atoms with van der Waals surface area (Å²) in [5, 5.41) is 4.19. The number of aromatic nitrogens is 3. The third-order valence-electron chi connectivity index (χ3n) is 3.04. The summed E-state index contributed by atoms with van der Waals surface area (Å²) < 4.78 is 8.56. The third kappa shape index (κ3) is 2.01. The van der Waals surface area contributed by atoms with Crippen molar-refractivity contribution in [3.05, 3.63) is 46.7 Å². The van der Waals surface area contributed by atoms with Crippen molar-refractivity contribution in [3.63, 3.8) is 0 Å². The molecule has 3 aromatic rings. The van der Waals surface area contributed by atoms with Crippen LogP contribution in [-0.2, 0) is 13.1 Å². The maximum atomic E-state index is 11.9. The SMILES string of the molecule is CCn1cc(Cn2c(=O)oc3ccc(N)cc32)cn1. The maximum Gasteiger partial charge on any atom is 0.420 e. The van der Waals surface area contributed by atoms with Crippen LogP contribution in [0.4, 0.5) is 5.69 Å². The molecule has 0 atom stereocenters. The molecule has 0 amide bonds. The molecule has 0 spiro atoms. The topological polar surface area (TPSA) is 79.0 Å². The van der Waals surface area contributed by atoms with E-state index < -0.39 is 0 Å². The molecule has 0 unspecified atom stereocenters. The van der Waals surface area contributed by atoms with Crippen LogP contribution in [0.15, 0.2) is 39.8 Å². The first-order chi connectivity index (χ1) is 9.17. The van der Waals surface area contributed by atoms with Gasteiger partial charge in [-0.05, 0) is 25.1 Å². The van der Waals surface area contributed by atoms with Gasteiger partial charge in [-0.25, -0.2) is 4.79 Å². The van der Waals surface area contributed by atoms with E-state index in [1.54, 1.807) is 29.0 Å². The minimum Gasteiger partial charge on any atom is -0.408 e. The normalized spacial score (nSPS) is 11.2. The first-order valence-corrected chi connectivity index (χ1v) is 6.07. The molecule has 0 aliphatic heterocycles. The Labute approximate surface area is 109 Å². The molecule has 2 N–H and O–H groups in total. The van der Waals surface area contributed by atoms with Gasteiger partial charge < -0.3 is 10.2 Å². The number of hydrogen-bond acceptors (Lipinski definition) is 4. The maximum absolute atomic E-state index is 11.9. The average Bonchev–Trinajstić information content (AvgIpc) is 2.96. The number of fused-ring (bicyclic) bond motifs is 1. The number of rotatable bonds is 3. The van der Waals surface area contributed by atoms with Crippen LogP contribution in [0.3, 0.4) is 0 Å². The molecule has 6 nitrogen and oxygen atoms in total. The molecule has 0 aliphatic carbocycles. The number of nitrogens with two attached hydrogens (primary N) is 1. The first kappa shape index (κ1) is 11.6. The zero-order valence-corrected chi connectivity index (χ0v) is 10.5. The highest BCUT2D eigenvalue weighted by atomic mass is 16.4. The Hall–Kier alpha value is -2.50. The van der Waals surface area contributed by atoms with E-state index in [9.17, 15) is 4.79 Å². The predicted octanol–water partition coefficient (Wildman–Crippen LogP) is 1.44. The van der Waals surface area contributed by atoms with Crippen molar-refractivity contribution >= 4 is 16.8 Å². The molecule has 0 radical (unpaired) electrons. The number of benzene rings is 1. The number of nitrogen functional groups attached to an aromatic ring is 1. The summed E-state index contributed by atoms with van der Waals surface area (Å²) >= 11 is 0. The van der Waals surface area contributed by atoms with Gasteiger partial charge in [-0.3, -0.25) is 9.25 Å². The fourth-order valence-electron chi connectivity index (χ4n) is 2.07. The molecule has 0 aliphatic rings. The summed E-state index contributed by atoms with van der Waals surface area (Å²) in [6, 6.07) is 5.16. The van der Waals surface area contributed by atoms with E-state index in [-0.39, 0.29) is 5.76 Å². The minimum absolute atomic E-state index is 0.384. The second-order valence-corrected chi connectivity index (χ2v) is 4.39. The first-order valence-electron chi connectivity index (χ1n) is 6.07. The van der Waals surface area contributed by atoms with Gasteiger partial charge in [0, 0.05) is 24.0 Å². The number of nitrogens with zero attached hydrogens (tertiary/aromatic N) is 3. The Bertz CT molecular complexity index is 781. The van der Waals surface area contributed by atoms with E-state index >= 15 is 0 Å². The van der Waals surface area contributed by atoms with Crippen molar-refractivity contribution in [1.82, 2.24) is 14.3 Å². The van der Waals surface area contributed by atoms with Crippen molar-refractivity contribution in [2.24, 2.45) is 0 Å². The Kier molecular flexibility index (Phi) is 2.63. The Balaban J connectivity index is 2.06. The van der Waals surface area contributed by atoms with Crippen molar-refractivity contribution in [2.75, 3.05) is 5.73 Å². The molecule has 3 rings (SSSR count). The highest BCUT2D eigenvalue weighted by molar-refractivity contribution is 5.77. The predicted molar refractivity (Wildman–Crippen MR) is 71.9 cm³/mol. The van der Waals surface area contributed by atoms with Gasteiger partial charge in [0.05, 0.1) is 18.3 Å². The van der Waals surface area contributed by atoms with Crippen molar-refractivity contribution in [2.45, 2.75) is 20.0 Å². The van der Waals surface area contributed by atoms with Crippen LogP contribution < -0.4 is 11.5 Å². The third-order valence-corrected chi connectivity index (χ3v) is 3.04. The van der Waals surface area contributed by atoms with Gasteiger partial charge >= 0.3 is 5.76 Å². The van der Waals surface area contributed by atoms with E-state index in [1.165, 1.54) is 0 Å². The molecule has 0 saturated carbocycles. The van der Waals surface area contributed by atoms with Gasteiger partial charge in [0.1, 0.15) is 0 Å². The van der Waals surface area contributed by atoms with Crippen LogP contribution in [0, 0.1) is 0 Å². The summed E-state index contributed by atoms with van der Waals surface area (Å²) in [6.45, 7) is 3.24. The molecule has 19 heavy (non-hydrogen) atoms. The molecule has 1 aromatic carbocycles. The van der Waals surface area contributed by atoms with Crippen molar-refractivity contribution < 1.29 is 4.42 Å². The van der Waals surface area contributed by atoms with Crippen LogP contribution in [-0.4, -0.2) is 14.3 Å². The minimum atomic E-state index is -0.384. The largest absolute Gasteiger partial charge is 0.420 e. The number of oxazole rings is 1. The lowest BCUT2D eigenvalue weighted by molar-refractivity contribution is 0.517. The molecule has 0 fully saturated rings. The van der Waals surface area contributed by atoms with Crippen LogP contribution >= 0.6 is 0 Å². The summed E-state index contributed by atoms with van der Waals surface area (Å²) in [7, 11) is 0. The molecule has 0 saturated heterocycles. The lowest BCUT2D eigenvalue weighted by atomic mass is 10.3. The van der Waals surface area contributed by atoms with Crippen LogP contribution in [0.2, 0.25) is 0 Å². The quantitative estimate of drug-likeness (QED) is 0.721. The Morgan fingerprint density at radius 3 is 3.00 bits per heavy atom. The summed E-state index contributed by atoms with van der Waals surface area (Å²) in [6.07, 6.45) is 3.67. The fourth-order valence-corrected chi connectivity index (χ4v) is 2.07. The van der Waals surface area contributed by atoms with E-state index in [0.717, 1.165) is 12.1 Å². The summed E-state index contributed by atoms with van der Waals surface area (Å²) in [5.41, 5.74) is 8.55. The molecular formula is C13H14N4O2. The summed E-state index contributed by atoms with van der Waals surface area (Å²) in [4.78, 5) is 11.9. The van der Waals surface area contributed by atoms with E-state index in [4.69, 9.17) is 10.2 Å². The molecule has 98 valence electrons. The molecule has 2 heterocycles. The highest BCUT2D eigenvalue weighted by Gasteiger charge is 2.10. The van der Waals surface area contributed by atoms with E-state index in [2.05, 4.69) is 5.10 Å². The van der Waals surface area contributed by atoms with E-state index in [1.807, 2.05) is 17.8 Å². The van der Waals surface area contributed by atoms with Crippen LogP contribution in [0.1, 0.15) is 12.5 Å². The molecule has 0 bridgehead atoms. The van der Waals surface area contributed by atoms with Gasteiger partial charge in [0.2, 0.25) is 0 Å². The van der Waals surface area contributed by atoms with Gasteiger partial charge in [-0.15, -0.1) is 0 Å². The lowest BCUT2D eigenvalue weighted by Gasteiger charge is -2.00. The molecule has 2 aromatic heterocycles. The van der Waals surface area contributed by atoms with Crippen molar-refractivity contribution in [3.8, 4) is 0 Å². The molecular weight excluding hydrogens is 244 g/mol. The van der Waals surface area contributed by atoms with Gasteiger partial charge in [0.15, 0.2) is 5.58 Å².